The second-order valence-electron chi connectivity index (χ2n) is 5.92. The van der Waals surface area contributed by atoms with Crippen LogP contribution in [0.15, 0.2) is 47.5 Å². The fourth-order valence-electron chi connectivity index (χ4n) is 2.73. The average molecular weight is 385 g/mol. The molecule has 2 aromatic rings. The molecule has 1 N–H and O–H groups in total. The Morgan fingerprint density at radius 1 is 1.15 bits per heavy atom. The minimum absolute atomic E-state index is 0.0505. The predicted octanol–water partition coefficient (Wildman–Crippen LogP) is 4.05. The molecule has 2 aromatic carbocycles. The van der Waals surface area contributed by atoms with E-state index in [1.807, 2.05) is 0 Å². The number of aliphatic imine (C=N–C) groups is 1. The number of hydrazine groups is 1. The summed E-state index contributed by atoms with van der Waals surface area (Å²) in [7, 11) is 0. The molecule has 0 saturated heterocycles. The van der Waals surface area contributed by atoms with E-state index in [0.717, 1.165) is 12.1 Å². The van der Waals surface area contributed by atoms with E-state index >= 15 is 0 Å². The second kappa shape index (κ2) is 8.01. The largest absolute Gasteiger partial charge is 0.416 e. The number of nitrogens with zero attached hydrogens (tertiary/aromatic N) is 2. The third-order valence-corrected chi connectivity index (χ3v) is 4.04. The molecule has 0 aromatic heterocycles. The molecule has 27 heavy (non-hydrogen) atoms. The Kier molecular flexibility index (Phi) is 5.71. The maximum atomic E-state index is 14.2. The lowest BCUT2D eigenvalue weighted by Crippen LogP contribution is -2.36. The molecule has 1 heterocycles. The summed E-state index contributed by atoms with van der Waals surface area (Å²) in [5.41, 5.74) is 1.98. The van der Waals surface area contributed by atoms with E-state index in [-0.39, 0.29) is 30.9 Å². The number of rotatable bonds is 6. The van der Waals surface area contributed by atoms with Crippen LogP contribution < -0.4 is 5.43 Å². The molecule has 0 aliphatic carbocycles. The van der Waals surface area contributed by atoms with Gasteiger partial charge >= 0.3 is 6.18 Å². The molecule has 1 aliphatic rings. The van der Waals surface area contributed by atoms with Gasteiger partial charge in [-0.15, -0.1) is 0 Å². The van der Waals surface area contributed by atoms with Crippen LogP contribution in [-0.4, -0.2) is 24.6 Å². The molecule has 9 heteroatoms. The molecular weight excluding hydrogens is 369 g/mol. The monoisotopic (exact) mass is 385 g/mol. The predicted molar refractivity (Wildman–Crippen MR) is 88.5 cm³/mol. The van der Waals surface area contributed by atoms with Crippen molar-refractivity contribution >= 4 is 6.34 Å². The van der Waals surface area contributed by atoms with E-state index in [9.17, 15) is 22.0 Å². The van der Waals surface area contributed by atoms with Gasteiger partial charge in [0.15, 0.2) is 0 Å². The van der Waals surface area contributed by atoms with Gasteiger partial charge in [0.25, 0.3) is 0 Å². The van der Waals surface area contributed by atoms with Crippen molar-refractivity contribution in [3.8, 4) is 0 Å². The lowest BCUT2D eigenvalue weighted by Gasteiger charge is -2.24. The van der Waals surface area contributed by atoms with Crippen LogP contribution in [0.3, 0.4) is 0 Å². The Bertz CT molecular complexity index is 817. The van der Waals surface area contributed by atoms with E-state index < -0.39 is 29.5 Å². The molecule has 1 unspecified atom stereocenters. The Balaban J connectivity index is 1.82. The first-order valence-corrected chi connectivity index (χ1v) is 8.05. The summed E-state index contributed by atoms with van der Waals surface area (Å²) in [6.07, 6.45) is -4.01. The van der Waals surface area contributed by atoms with E-state index in [0.29, 0.717) is 6.07 Å². The lowest BCUT2D eigenvalue weighted by molar-refractivity contribution is -0.139. The van der Waals surface area contributed by atoms with Crippen LogP contribution in [0.5, 0.6) is 0 Å². The molecule has 0 radical (unpaired) electrons. The van der Waals surface area contributed by atoms with E-state index in [1.54, 1.807) is 5.01 Å². The van der Waals surface area contributed by atoms with Gasteiger partial charge in [-0.05, 0) is 17.7 Å². The molecule has 0 amide bonds. The Morgan fingerprint density at radius 2 is 1.93 bits per heavy atom. The van der Waals surface area contributed by atoms with Gasteiger partial charge in [0.2, 0.25) is 0 Å². The minimum Gasteiger partial charge on any atom is -0.367 e. The first-order chi connectivity index (χ1) is 12.8. The van der Waals surface area contributed by atoms with Crippen molar-refractivity contribution in [2.45, 2.75) is 18.9 Å². The number of alkyl halides is 3. The summed E-state index contributed by atoms with van der Waals surface area (Å²) in [6.45, 7) is 0.00438. The SMILES string of the molecule is Fc1ccc(C(CN2CN=CN2)OCc2ccccc2C(F)(F)F)c(F)c1. The normalized spacial score (nSPS) is 15.7. The zero-order chi connectivity index (χ0) is 19.4. The Morgan fingerprint density at radius 3 is 2.59 bits per heavy atom. The molecular formula is C18H16F5N3O. The molecule has 0 saturated carbocycles. The highest BCUT2D eigenvalue weighted by Crippen LogP contribution is 2.33. The number of hydrogen-bond acceptors (Lipinski definition) is 4. The standard InChI is InChI=1S/C18H16F5N3O/c19-13-5-6-14(16(20)7-13)17(8-26-11-24-10-25-26)27-9-12-3-1-2-4-15(12)18(21,22)23/h1-7,10,17H,8-9,11H2,(H,24,25). The topological polar surface area (TPSA) is 36.9 Å². The molecule has 0 bridgehead atoms. The van der Waals surface area contributed by atoms with Crippen molar-refractivity contribution in [3.63, 3.8) is 0 Å². The van der Waals surface area contributed by atoms with Gasteiger partial charge in [-0.3, -0.25) is 4.99 Å². The van der Waals surface area contributed by atoms with E-state index in [4.69, 9.17) is 4.74 Å². The van der Waals surface area contributed by atoms with Crippen LogP contribution in [0.1, 0.15) is 22.8 Å². The molecule has 144 valence electrons. The molecule has 0 fully saturated rings. The number of hydrogen-bond donors (Lipinski definition) is 1. The first-order valence-electron chi connectivity index (χ1n) is 8.05. The highest BCUT2D eigenvalue weighted by molar-refractivity contribution is 5.55. The first kappa shape index (κ1) is 19.2. The molecule has 1 aliphatic heterocycles. The molecule has 4 nitrogen and oxygen atoms in total. The maximum absolute atomic E-state index is 14.2. The van der Waals surface area contributed by atoms with Gasteiger partial charge in [0, 0.05) is 11.6 Å². The van der Waals surface area contributed by atoms with Crippen molar-refractivity contribution in [3.05, 3.63) is 70.8 Å². The fraction of sp³-hybridized carbons (Fsp3) is 0.278. The van der Waals surface area contributed by atoms with Crippen molar-refractivity contribution in [2.24, 2.45) is 4.99 Å². The third-order valence-electron chi connectivity index (χ3n) is 4.04. The van der Waals surface area contributed by atoms with Crippen molar-refractivity contribution in [1.29, 1.82) is 0 Å². The summed E-state index contributed by atoms with van der Waals surface area (Å²) >= 11 is 0. The van der Waals surface area contributed by atoms with Crippen molar-refractivity contribution in [2.75, 3.05) is 13.2 Å². The number of nitrogens with one attached hydrogen (secondary N) is 1. The van der Waals surface area contributed by atoms with Crippen LogP contribution in [-0.2, 0) is 17.5 Å². The second-order valence-corrected chi connectivity index (χ2v) is 5.92. The number of benzene rings is 2. The van der Waals surface area contributed by atoms with E-state index in [1.165, 1.54) is 30.6 Å². The highest BCUT2D eigenvalue weighted by atomic mass is 19.4. The summed E-state index contributed by atoms with van der Waals surface area (Å²) in [5.74, 6) is -1.58. The van der Waals surface area contributed by atoms with Gasteiger partial charge < -0.3 is 10.2 Å². The Labute approximate surface area is 152 Å². The van der Waals surface area contributed by atoms with Crippen LogP contribution in [0, 0.1) is 11.6 Å². The van der Waals surface area contributed by atoms with Gasteiger partial charge in [0.1, 0.15) is 24.4 Å². The highest BCUT2D eigenvalue weighted by Gasteiger charge is 2.33. The molecule has 3 rings (SSSR count). The van der Waals surface area contributed by atoms with Crippen molar-refractivity contribution < 1.29 is 26.7 Å². The smallest absolute Gasteiger partial charge is 0.367 e. The summed E-state index contributed by atoms with van der Waals surface area (Å²) in [6, 6.07) is 8.03. The van der Waals surface area contributed by atoms with Crippen LogP contribution in [0.25, 0.3) is 0 Å². The zero-order valence-electron chi connectivity index (χ0n) is 14.0. The number of ether oxygens (including phenoxy) is 1. The van der Waals surface area contributed by atoms with Gasteiger partial charge in [-0.2, -0.15) is 18.2 Å². The van der Waals surface area contributed by atoms with Crippen LogP contribution in [0.4, 0.5) is 22.0 Å². The summed E-state index contributed by atoms with van der Waals surface area (Å²) in [4.78, 5) is 3.94. The minimum atomic E-state index is -4.53. The van der Waals surface area contributed by atoms with Gasteiger partial charge in [-0.25, -0.2) is 8.78 Å². The zero-order valence-corrected chi connectivity index (χ0v) is 14.0. The van der Waals surface area contributed by atoms with Crippen LogP contribution in [0.2, 0.25) is 0 Å². The third kappa shape index (κ3) is 4.81. The van der Waals surface area contributed by atoms with Crippen LogP contribution >= 0.6 is 0 Å². The maximum Gasteiger partial charge on any atom is 0.416 e. The fourth-order valence-corrected chi connectivity index (χ4v) is 2.73. The quantitative estimate of drug-likeness (QED) is 0.763. The number of halogens is 5. The summed E-state index contributed by atoms with van der Waals surface area (Å²) < 4.78 is 72.5. The van der Waals surface area contributed by atoms with Crippen molar-refractivity contribution in [1.82, 2.24) is 10.4 Å². The molecule has 1 atom stereocenters. The average Bonchev–Trinajstić information content (AvgIpc) is 3.11. The lowest BCUT2D eigenvalue weighted by atomic mass is 10.1. The van der Waals surface area contributed by atoms with Gasteiger partial charge in [-0.1, -0.05) is 24.3 Å². The van der Waals surface area contributed by atoms with Gasteiger partial charge in [0.05, 0.1) is 25.1 Å². The Hall–Kier alpha value is -2.52. The van der Waals surface area contributed by atoms with E-state index in [2.05, 4.69) is 10.4 Å². The summed E-state index contributed by atoms with van der Waals surface area (Å²) in [5, 5.41) is 1.60. The molecule has 0 spiro atoms.